The summed E-state index contributed by atoms with van der Waals surface area (Å²) in [5.74, 6) is -1.08. The number of nitrogens with one attached hydrogen (secondary N) is 3. The van der Waals surface area contributed by atoms with Crippen molar-refractivity contribution in [3.05, 3.63) is 60.4 Å². The normalized spacial score (nSPS) is 23.6. The van der Waals surface area contributed by atoms with E-state index < -0.39 is 58.9 Å². The Hall–Kier alpha value is -3.09. The Bertz CT molecular complexity index is 1340. The Balaban J connectivity index is 2.42. The minimum atomic E-state index is -1.13. The minimum absolute atomic E-state index is 0.0179. The fourth-order valence-electron chi connectivity index (χ4n) is 4.75. The molecule has 1 aliphatic heterocycles. The molecule has 0 saturated carbocycles. The fourth-order valence-corrected chi connectivity index (χ4v) is 6.61. The fraction of sp³-hybridized carbons (Fsp3) is 0.595. The van der Waals surface area contributed by atoms with Gasteiger partial charge < -0.3 is 25.8 Å². The van der Waals surface area contributed by atoms with Crippen LogP contribution in [0.1, 0.15) is 80.2 Å². The maximum atomic E-state index is 13.8. The maximum absolute atomic E-state index is 13.8. The summed E-state index contributed by atoms with van der Waals surface area (Å²) in [6.45, 7) is 18.6. The quantitative estimate of drug-likeness (QED) is 0.206. The average molecular weight is 718 g/mol. The van der Waals surface area contributed by atoms with Crippen LogP contribution in [0.25, 0.3) is 0 Å². The predicted octanol–water partition coefficient (Wildman–Crippen LogP) is 4.95. The topological polar surface area (TPSA) is 151 Å². The first kappa shape index (κ1) is 42.1. The van der Waals surface area contributed by atoms with Crippen LogP contribution in [-0.2, 0) is 35.1 Å². The zero-order valence-corrected chi connectivity index (χ0v) is 31.8. The van der Waals surface area contributed by atoms with Crippen LogP contribution in [0, 0.1) is 16.7 Å². The van der Waals surface area contributed by atoms with Gasteiger partial charge in [-0.25, -0.2) is 0 Å². The van der Waals surface area contributed by atoms with Gasteiger partial charge in [-0.05, 0) is 24.0 Å². The van der Waals surface area contributed by atoms with Crippen LogP contribution >= 0.6 is 23.5 Å². The van der Waals surface area contributed by atoms with Crippen LogP contribution in [0.4, 0.5) is 0 Å². The van der Waals surface area contributed by atoms with Crippen LogP contribution in [0.15, 0.2) is 54.8 Å². The number of carbonyl (C=O) groups is 5. The van der Waals surface area contributed by atoms with Gasteiger partial charge in [0.25, 0.3) is 0 Å². The highest BCUT2D eigenvalue weighted by Gasteiger charge is 2.34. The van der Waals surface area contributed by atoms with Gasteiger partial charge in [0, 0.05) is 35.2 Å². The number of benzene rings is 1. The first-order valence-electron chi connectivity index (χ1n) is 16.8. The highest BCUT2D eigenvalue weighted by molar-refractivity contribution is 8.14. The van der Waals surface area contributed by atoms with Crippen molar-refractivity contribution in [1.82, 2.24) is 16.0 Å². The second-order valence-electron chi connectivity index (χ2n) is 14.8. The largest absolute Gasteiger partial charge is 0.491 e. The molecule has 5 atom stereocenters. The molecular formula is C37H55N3O7S2. The molecule has 49 heavy (non-hydrogen) atoms. The molecule has 3 amide bonds. The van der Waals surface area contributed by atoms with Gasteiger partial charge in [0.1, 0.15) is 18.2 Å². The molecule has 0 bridgehead atoms. The third-order valence-electron chi connectivity index (χ3n) is 7.62. The number of aliphatic hydroxyl groups excluding tert-OH is 1. The summed E-state index contributed by atoms with van der Waals surface area (Å²) >= 11 is 2.19. The summed E-state index contributed by atoms with van der Waals surface area (Å²) in [6.07, 6.45) is 2.25. The lowest BCUT2D eigenvalue weighted by Gasteiger charge is -2.30. The van der Waals surface area contributed by atoms with Crippen molar-refractivity contribution in [2.75, 3.05) is 11.5 Å². The summed E-state index contributed by atoms with van der Waals surface area (Å²) in [6, 6.07) is 6.29. The lowest BCUT2D eigenvalue weighted by molar-refractivity contribution is -0.132. The summed E-state index contributed by atoms with van der Waals surface area (Å²) < 4.78 is 6.07. The van der Waals surface area contributed by atoms with Gasteiger partial charge in [-0.2, -0.15) is 0 Å². The number of allylic oxidation sites excluding steroid dienone is 1. The SMILES string of the molecule is C=C1C[C@H](O)[C@@H](C(C)C)NC(=O)[C@@H](CSC(=O)C(C)(C)C)NC(=O)[C@@H](Cc2ccccc2)NC(=O)C[C@@H](/C=C/CCSC(=O)C(C)(C)C)O1. The van der Waals surface area contributed by atoms with Crippen molar-refractivity contribution in [2.45, 2.75) is 111 Å². The third-order valence-corrected chi connectivity index (χ3v) is 10.3. The number of hydrogen-bond donors (Lipinski definition) is 4. The highest BCUT2D eigenvalue weighted by atomic mass is 32.2. The summed E-state index contributed by atoms with van der Waals surface area (Å²) in [7, 11) is 0. The van der Waals surface area contributed by atoms with Crippen molar-refractivity contribution in [2.24, 2.45) is 16.7 Å². The van der Waals surface area contributed by atoms with E-state index >= 15 is 0 Å². The van der Waals surface area contributed by atoms with Crippen molar-refractivity contribution >= 4 is 51.5 Å². The lowest BCUT2D eigenvalue weighted by Crippen LogP contribution is -2.58. The van der Waals surface area contributed by atoms with E-state index in [-0.39, 0.29) is 46.9 Å². The van der Waals surface area contributed by atoms with Crippen LogP contribution in [-0.4, -0.2) is 74.9 Å². The predicted molar refractivity (Wildman–Crippen MR) is 198 cm³/mol. The van der Waals surface area contributed by atoms with E-state index in [9.17, 15) is 29.1 Å². The summed E-state index contributed by atoms with van der Waals surface area (Å²) in [4.78, 5) is 66.1. The molecule has 2 rings (SSSR count). The van der Waals surface area contributed by atoms with E-state index in [1.165, 1.54) is 11.8 Å². The molecule has 1 heterocycles. The van der Waals surface area contributed by atoms with E-state index in [1.807, 2.05) is 71.0 Å². The summed E-state index contributed by atoms with van der Waals surface area (Å²) in [5, 5.41) is 19.7. The standard InChI is InChI=1S/C37H55N3O7S2/c1-23(2)31-29(41)19-24(3)47-26(17-13-14-18-48-34(45)36(4,5)6)21-30(42)38-27(20-25-15-11-10-12-16-25)32(43)39-28(33(44)40-31)22-49-35(46)37(7,8)9/h10-13,15-17,23,26-29,31,41H,3,14,18-22H2,1-2,4-9H3,(H,38,42)(H,39,43)(H,40,44)/b17-13+/t26-,27-,28-,29+,31-/m1/s1. The van der Waals surface area contributed by atoms with Gasteiger partial charge in [-0.1, -0.05) is 122 Å². The Morgan fingerprint density at radius 1 is 0.918 bits per heavy atom. The average Bonchev–Trinajstić information content (AvgIpc) is 2.99. The number of rotatable bonds is 9. The van der Waals surface area contributed by atoms with Gasteiger partial charge in [0.05, 0.1) is 24.3 Å². The molecule has 0 aromatic heterocycles. The van der Waals surface area contributed by atoms with E-state index in [0.29, 0.717) is 12.2 Å². The molecule has 0 aliphatic carbocycles. The molecule has 0 spiro atoms. The molecule has 10 nitrogen and oxygen atoms in total. The maximum Gasteiger partial charge on any atom is 0.243 e. The van der Waals surface area contributed by atoms with Crippen LogP contribution in [0.3, 0.4) is 0 Å². The molecule has 272 valence electrons. The number of thioether (sulfide) groups is 2. The number of ether oxygens (including phenoxy) is 1. The van der Waals surface area contributed by atoms with E-state index in [1.54, 1.807) is 26.8 Å². The minimum Gasteiger partial charge on any atom is -0.491 e. The zero-order valence-electron chi connectivity index (χ0n) is 30.2. The monoisotopic (exact) mass is 717 g/mol. The smallest absolute Gasteiger partial charge is 0.243 e. The van der Waals surface area contributed by atoms with Crippen LogP contribution in [0.2, 0.25) is 0 Å². The number of aliphatic hydroxyl groups is 1. The number of hydrogen-bond acceptors (Lipinski definition) is 9. The Morgan fingerprint density at radius 2 is 1.51 bits per heavy atom. The number of carbonyl (C=O) groups excluding carboxylic acids is 5. The summed E-state index contributed by atoms with van der Waals surface area (Å²) in [5.41, 5.74) is -0.318. The van der Waals surface area contributed by atoms with Gasteiger partial charge in [-0.15, -0.1) is 0 Å². The van der Waals surface area contributed by atoms with E-state index in [2.05, 4.69) is 22.5 Å². The second-order valence-corrected chi connectivity index (χ2v) is 16.8. The molecule has 1 aliphatic rings. The Kier molecular flexibility index (Phi) is 16.6. The molecule has 1 fully saturated rings. The van der Waals surface area contributed by atoms with Crippen molar-refractivity contribution in [1.29, 1.82) is 0 Å². The van der Waals surface area contributed by atoms with Gasteiger partial charge in [0.2, 0.25) is 17.7 Å². The molecule has 4 N–H and O–H groups in total. The lowest BCUT2D eigenvalue weighted by atomic mass is 9.95. The molecule has 0 unspecified atom stereocenters. The molecule has 1 aromatic carbocycles. The Morgan fingerprint density at radius 3 is 2.10 bits per heavy atom. The molecular weight excluding hydrogens is 663 g/mol. The van der Waals surface area contributed by atoms with Crippen molar-refractivity contribution in [3.8, 4) is 0 Å². The Labute approximate surface area is 300 Å². The van der Waals surface area contributed by atoms with Crippen molar-refractivity contribution in [3.63, 3.8) is 0 Å². The first-order valence-corrected chi connectivity index (χ1v) is 18.7. The third kappa shape index (κ3) is 15.1. The molecule has 0 radical (unpaired) electrons. The first-order chi connectivity index (χ1) is 22.8. The van der Waals surface area contributed by atoms with E-state index in [4.69, 9.17) is 4.74 Å². The van der Waals surface area contributed by atoms with Crippen molar-refractivity contribution < 1.29 is 33.8 Å². The van der Waals surface area contributed by atoms with Gasteiger partial charge >= 0.3 is 0 Å². The van der Waals surface area contributed by atoms with Gasteiger partial charge in [-0.3, -0.25) is 24.0 Å². The van der Waals surface area contributed by atoms with Crippen LogP contribution in [0.5, 0.6) is 0 Å². The molecule has 1 aromatic rings. The number of amides is 3. The molecule has 1 saturated heterocycles. The molecule has 12 heteroatoms. The highest BCUT2D eigenvalue weighted by Crippen LogP contribution is 2.25. The zero-order chi connectivity index (χ0) is 36.9. The van der Waals surface area contributed by atoms with Crippen LogP contribution < -0.4 is 16.0 Å². The second kappa shape index (κ2) is 19.3. The van der Waals surface area contributed by atoms with Gasteiger partial charge in [0.15, 0.2) is 10.2 Å². The van der Waals surface area contributed by atoms with E-state index in [0.717, 1.165) is 17.3 Å².